The number of aryl methyl sites for hydroxylation is 2. The Labute approximate surface area is 152 Å². The molecule has 0 atom stereocenters. The summed E-state index contributed by atoms with van der Waals surface area (Å²) >= 11 is 0. The van der Waals surface area contributed by atoms with E-state index in [-0.39, 0.29) is 5.91 Å². The minimum absolute atomic E-state index is 0.0716. The summed E-state index contributed by atoms with van der Waals surface area (Å²) in [7, 11) is 3.03. The lowest BCUT2D eigenvalue weighted by molar-refractivity contribution is -0.117. The van der Waals surface area contributed by atoms with Crippen LogP contribution in [0.1, 0.15) is 51.0 Å². The number of anilines is 1. The number of amides is 1. The summed E-state index contributed by atoms with van der Waals surface area (Å²) < 4.78 is 2.41. The minimum atomic E-state index is -0.429. The van der Waals surface area contributed by atoms with Gasteiger partial charge in [0.05, 0.1) is 5.69 Å². The van der Waals surface area contributed by atoms with Crippen molar-refractivity contribution < 1.29 is 4.79 Å². The smallest absolute Gasteiger partial charge is 0.325 e. The lowest BCUT2D eigenvalue weighted by Crippen LogP contribution is -2.38. The maximum absolute atomic E-state index is 12.8. The number of nitrogens with one attached hydrogen (secondary N) is 1. The van der Waals surface area contributed by atoms with Gasteiger partial charge in [0.15, 0.2) is 5.65 Å². The van der Waals surface area contributed by atoms with Crippen LogP contribution in [-0.4, -0.2) is 20.0 Å². The Kier molecular flexibility index (Phi) is 5.25. The number of nitrogens with zero attached hydrogens (tertiary/aromatic N) is 3. The maximum Gasteiger partial charge on any atom is 0.332 e. The number of fused-ring (bicyclic) bond motifs is 1. The van der Waals surface area contributed by atoms with Crippen LogP contribution in [0, 0.1) is 5.92 Å². The molecule has 1 aliphatic carbocycles. The van der Waals surface area contributed by atoms with Crippen LogP contribution in [0.25, 0.3) is 11.0 Å². The molecule has 1 N–H and O–H groups in total. The van der Waals surface area contributed by atoms with Crippen molar-refractivity contribution in [1.82, 2.24) is 14.1 Å². The van der Waals surface area contributed by atoms with Gasteiger partial charge >= 0.3 is 5.69 Å². The van der Waals surface area contributed by atoms with Gasteiger partial charge < -0.3 is 5.32 Å². The van der Waals surface area contributed by atoms with Crippen LogP contribution in [0.3, 0.4) is 0 Å². The molecular weight excluding hydrogens is 332 g/mol. The van der Waals surface area contributed by atoms with Gasteiger partial charge in [-0.25, -0.2) is 9.78 Å². The third kappa shape index (κ3) is 3.30. The van der Waals surface area contributed by atoms with Gasteiger partial charge in [-0.2, -0.15) is 0 Å². The van der Waals surface area contributed by atoms with E-state index in [2.05, 4.69) is 10.3 Å². The molecule has 0 bridgehead atoms. The molecule has 0 radical (unpaired) electrons. The Morgan fingerprint density at radius 3 is 2.58 bits per heavy atom. The molecule has 1 fully saturated rings. The number of hydrogen-bond acceptors (Lipinski definition) is 4. The predicted molar refractivity (Wildman–Crippen MR) is 101 cm³/mol. The first kappa shape index (κ1) is 18.4. The average Bonchev–Trinajstić information content (AvgIpc) is 3.12. The van der Waals surface area contributed by atoms with Crippen molar-refractivity contribution in [2.75, 3.05) is 5.32 Å². The molecule has 1 aliphatic rings. The Morgan fingerprint density at radius 2 is 1.92 bits per heavy atom. The van der Waals surface area contributed by atoms with Gasteiger partial charge in [-0.3, -0.25) is 18.7 Å². The fourth-order valence-electron chi connectivity index (χ4n) is 3.84. The third-order valence-corrected chi connectivity index (χ3v) is 5.28. The molecule has 2 aromatic rings. The van der Waals surface area contributed by atoms with Crippen molar-refractivity contribution in [3.05, 3.63) is 32.6 Å². The fraction of sp³-hybridized carbons (Fsp3) is 0.579. The number of carbonyl (C=O) groups excluding carboxylic acids is 1. The van der Waals surface area contributed by atoms with Gasteiger partial charge in [0.25, 0.3) is 5.56 Å². The van der Waals surface area contributed by atoms with E-state index in [4.69, 9.17) is 0 Å². The molecule has 26 heavy (non-hydrogen) atoms. The average molecular weight is 358 g/mol. The highest BCUT2D eigenvalue weighted by molar-refractivity contribution is 6.01. The van der Waals surface area contributed by atoms with Crippen molar-refractivity contribution in [2.45, 2.75) is 51.9 Å². The van der Waals surface area contributed by atoms with E-state index in [9.17, 15) is 14.4 Å². The lowest BCUT2D eigenvalue weighted by atomic mass is 10.0. The van der Waals surface area contributed by atoms with E-state index in [0.29, 0.717) is 35.5 Å². The minimum Gasteiger partial charge on any atom is -0.325 e. The Hall–Kier alpha value is -2.44. The van der Waals surface area contributed by atoms with E-state index in [0.717, 1.165) is 29.4 Å². The summed E-state index contributed by atoms with van der Waals surface area (Å²) in [4.78, 5) is 41.9. The summed E-state index contributed by atoms with van der Waals surface area (Å²) in [5.41, 5.74) is 0.784. The highest BCUT2D eigenvalue weighted by atomic mass is 16.2. The van der Waals surface area contributed by atoms with Gasteiger partial charge in [0.2, 0.25) is 5.91 Å². The molecule has 140 valence electrons. The SMILES string of the molecule is CCCc1cnc2c(c1NC(=O)CC1CCCC1)c(=O)n(C)c(=O)n2C. The van der Waals surface area contributed by atoms with Crippen LogP contribution < -0.4 is 16.6 Å². The highest BCUT2D eigenvalue weighted by Gasteiger charge is 2.22. The zero-order valence-electron chi connectivity index (χ0n) is 15.7. The van der Waals surface area contributed by atoms with Crippen LogP contribution >= 0.6 is 0 Å². The molecule has 1 saturated carbocycles. The molecule has 7 nitrogen and oxygen atoms in total. The van der Waals surface area contributed by atoms with Gasteiger partial charge in [0, 0.05) is 26.7 Å². The van der Waals surface area contributed by atoms with Crippen molar-refractivity contribution in [3.63, 3.8) is 0 Å². The largest absolute Gasteiger partial charge is 0.332 e. The van der Waals surface area contributed by atoms with Gasteiger partial charge in [-0.05, 0) is 30.7 Å². The molecular formula is C19H26N4O3. The lowest BCUT2D eigenvalue weighted by Gasteiger charge is -2.16. The fourth-order valence-corrected chi connectivity index (χ4v) is 3.84. The van der Waals surface area contributed by atoms with E-state index in [1.807, 2.05) is 6.92 Å². The van der Waals surface area contributed by atoms with E-state index >= 15 is 0 Å². The number of hydrogen-bond donors (Lipinski definition) is 1. The summed E-state index contributed by atoms with van der Waals surface area (Å²) in [5.74, 6) is 0.350. The summed E-state index contributed by atoms with van der Waals surface area (Å²) in [5, 5.41) is 3.28. The first-order valence-corrected chi connectivity index (χ1v) is 9.31. The summed E-state index contributed by atoms with van der Waals surface area (Å²) in [6.45, 7) is 2.03. The van der Waals surface area contributed by atoms with Crippen molar-refractivity contribution in [3.8, 4) is 0 Å². The zero-order chi connectivity index (χ0) is 18.8. The Balaban J connectivity index is 2.10. The summed E-state index contributed by atoms with van der Waals surface area (Å²) in [6.07, 6.45) is 8.24. The van der Waals surface area contributed by atoms with Crippen LogP contribution in [0.2, 0.25) is 0 Å². The molecule has 0 spiro atoms. The first-order valence-electron chi connectivity index (χ1n) is 9.31. The number of aromatic nitrogens is 3. The van der Waals surface area contributed by atoms with Crippen LogP contribution in [0.5, 0.6) is 0 Å². The molecule has 3 rings (SSSR count). The van der Waals surface area contributed by atoms with E-state index < -0.39 is 11.2 Å². The Bertz CT molecular complexity index is 952. The van der Waals surface area contributed by atoms with Crippen molar-refractivity contribution >= 4 is 22.6 Å². The van der Waals surface area contributed by atoms with Crippen molar-refractivity contribution in [2.24, 2.45) is 20.0 Å². The molecule has 1 amide bonds. The molecule has 2 aromatic heterocycles. The normalized spacial score (nSPS) is 14.9. The molecule has 0 aliphatic heterocycles. The second kappa shape index (κ2) is 7.43. The number of rotatable bonds is 5. The third-order valence-electron chi connectivity index (χ3n) is 5.28. The molecule has 0 saturated heterocycles. The highest BCUT2D eigenvalue weighted by Crippen LogP contribution is 2.29. The van der Waals surface area contributed by atoms with Crippen molar-refractivity contribution in [1.29, 1.82) is 0 Å². The quantitative estimate of drug-likeness (QED) is 0.887. The van der Waals surface area contributed by atoms with E-state index in [1.165, 1.54) is 24.5 Å². The monoisotopic (exact) mass is 358 g/mol. The number of carbonyl (C=O) groups is 1. The summed E-state index contributed by atoms with van der Waals surface area (Å²) in [6, 6.07) is 0. The standard InChI is InChI=1S/C19H26N4O3/c1-4-7-13-11-20-17-15(18(25)23(3)19(26)22(17)2)16(13)21-14(24)10-12-8-5-6-9-12/h11-12H,4-10H2,1-3H3,(H,20,21,24). The maximum atomic E-state index is 12.8. The van der Waals surface area contributed by atoms with Crippen LogP contribution in [0.15, 0.2) is 15.8 Å². The second-order valence-corrected chi connectivity index (χ2v) is 7.22. The van der Waals surface area contributed by atoms with E-state index in [1.54, 1.807) is 13.2 Å². The molecule has 7 heteroatoms. The Morgan fingerprint density at radius 1 is 1.23 bits per heavy atom. The van der Waals surface area contributed by atoms with Crippen LogP contribution in [0.4, 0.5) is 5.69 Å². The molecule has 2 heterocycles. The van der Waals surface area contributed by atoms with Gasteiger partial charge in [-0.15, -0.1) is 0 Å². The second-order valence-electron chi connectivity index (χ2n) is 7.22. The van der Waals surface area contributed by atoms with Gasteiger partial charge in [0.1, 0.15) is 5.39 Å². The zero-order valence-corrected chi connectivity index (χ0v) is 15.7. The predicted octanol–water partition coefficient (Wildman–Crippen LogP) is 2.10. The topological polar surface area (TPSA) is 86.0 Å². The number of pyridine rings is 1. The molecule has 0 unspecified atom stereocenters. The first-order chi connectivity index (χ1) is 12.4. The molecule has 0 aromatic carbocycles. The van der Waals surface area contributed by atoms with Crippen LogP contribution in [-0.2, 0) is 25.3 Å². The van der Waals surface area contributed by atoms with Gasteiger partial charge in [-0.1, -0.05) is 26.2 Å².